The number of aliphatic hydroxyl groups is 1. The van der Waals surface area contributed by atoms with Crippen molar-refractivity contribution in [2.24, 2.45) is 5.92 Å². The van der Waals surface area contributed by atoms with Gasteiger partial charge in [-0.3, -0.25) is 0 Å². The molecule has 0 amide bonds. The minimum Gasteiger partial charge on any atom is -0.384 e. The van der Waals surface area contributed by atoms with Crippen LogP contribution in [0, 0.1) is 17.8 Å². The summed E-state index contributed by atoms with van der Waals surface area (Å²) in [4.78, 5) is 0.119. The molecular formula is C15H19NO4S. The second-order valence-corrected chi connectivity index (χ2v) is 6.61. The van der Waals surface area contributed by atoms with Crippen LogP contribution in [-0.4, -0.2) is 39.9 Å². The maximum atomic E-state index is 12.2. The molecule has 0 atom stereocenters. The zero-order valence-corrected chi connectivity index (χ0v) is 12.5. The molecule has 21 heavy (non-hydrogen) atoms. The highest BCUT2D eigenvalue weighted by Crippen LogP contribution is 2.28. The van der Waals surface area contributed by atoms with E-state index in [1.165, 1.54) is 18.9 Å². The Morgan fingerprint density at radius 1 is 1.33 bits per heavy atom. The van der Waals surface area contributed by atoms with E-state index in [1.807, 2.05) is 0 Å². The monoisotopic (exact) mass is 309 g/mol. The molecule has 1 aromatic rings. The van der Waals surface area contributed by atoms with Crippen LogP contribution in [0.5, 0.6) is 0 Å². The van der Waals surface area contributed by atoms with E-state index in [9.17, 15) is 8.42 Å². The molecule has 6 heteroatoms. The Balaban J connectivity index is 1.94. The van der Waals surface area contributed by atoms with Gasteiger partial charge in [0.05, 0.1) is 11.5 Å². The van der Waals surface area contributed by atoms with Gasteiger partial charge in [0.1, 0.15) is 6.61 Å². The topological polar surface area (TPSA) is 75.6 Å². The number of hydrogen-bond acceptors (Lipinski definition) is 4. The van der Waals surface area contributed by atoms with Crippen molar-refractivity contribution < 1.29 is 18.3 Å². The van der Waals surface area contributed by atoms with Gasteiger partial charge in [-0.25, -0.2) is 13.1 Å². The number of rotatable bonds is 7. The summed E-state index contributed by atoms with van der Waals surface area (Å²) >= 11 is 0. The van der Waals surface area contributed by atoms with Crippen LogP contribution >= 0.6 is 0 Å². The molecule has 0 heterocycles. The molecule has 1 aromatic carbocycles. The van der Waals surface area contributed by atoms with E-state index in [1.54, 1.807) is 18.2 Å². The van der Waals surface area contributed by atoms with Crippen LogP contribution in [0.3, 0.4) is 0 Å². The molecular weight excluding hydrogens is 290 g/mol. The second kappa shape index (κ2) is 7.57. The highest BCUT2D eigenvalue weighted by molar-refractivity contribution is 7.89. The summed E-state index contributed by atoms with van der Waals surface area (Å²) in [5.41, 5.74) is 0.373. The van der Waals surface area contributed by atoms with E-state index in [0.717, 1.165) is 0 Å². The first-order valence-electron chi connectivity index (χ1n) is 6.89. The van der Waals surface area contributed by atoms with Crippen LogP contribution in [0.15, 0.2) is 29.2 Å². The summed E-state index contributed by atoms with van der Waals surface area (Å²) < 4.78 is 32.4. The van der Waals surface area contributed by atoms with E-state index in [0.29, 0.717) is 24.7 Å². The van der Waals surface area contributed by atoms with Crippen molar-refractivity contribution in [2.75, 3.05) is 26.4 Å². The van der Waals surface area contributed by atoms with E-state index in [-0.39, 0.29) is 18.0 Å². The Labute approximate surface area is 125 Å². The maximum Gasteiger partial charge on any atom is 0.241 e. The number of aliphatic hydroxyl groups excluding tert-OH is 1. The molecule has 0 spiro atoms. The summed E-state index contributed by atoms with van der Waals surface area (Å²) in [5.74, 6) is 5.77. The average Bonchev–Trinajstić information content (AvgIpc) is 3.29. The molecule has 114 valence electrons. The zero-order valence-electron chi connectivity index (χ0n) is 11.7. The molecule has 0 aliphatic heterocycles. The predicted molar refractivity (Wildman–Crippen MR) is 79.1 cm³/mol. The van der Waals surface area contributed by atoms with E-state index in [4.69, 9.17) is 9.84 Å². The molecule has 0 unspecified atom stereocenters. The van der Waals surface area contributed by atoms with E-state index in [2.05, 4.69) is 16.6 Å². The standard InChI is InChI=1S/C15H19NO4S/c17-10-3-5-14-4-1-2-6-15(14)21(18,19)16-9-11-20-12-13-7-8-13/h1-2,4,6,13,16-17H,7-12H2. The van der Waals surface area contributed by atoms with Gasteiger partial charge in [0, 0.05) is 18.7 Å². The number of hydrogen-bond donors (Lipinski definition) is 2. The minimum atomic E-state index is -3.62. The first kappa shape index (κ1) is 16.0. The number of sulfonamides is 1. The van der Waals surface area contributed by atoms with Crippen molar-refractivity contribution in [1.82, 2.24) is 4.72 Å². The molecule has 5 nitrogen and oxygen atoms in total. The molecule has 2 rings (SSSR count). The van der Waals surface area contributed by atoms with Gasteiger partial charge in [-0.05, 0) is 30.9 Å². The van der Waals surface area contributed by atoms with E-state index >= 15 is 0 Å². The van der Waals surface area contributed by atoms with Gasteiger partial charge in [-0.15, -0.1) is 0 Å². The van der Waals surface area contributed by atoms with Gasteiger partial charge in [-0.2, -0.15) is 0 Å². The Morgan fingerprint density at radius 2 is 2.10 bits per heavy atom. The van der Waals surface area contributed by atoms with Gasteiger partial charge in [-0.1, -0.05) is 24.0 Å². The quantitative estimate of drug-likeness (QED) is 0.575. The molecule has 2 N–H and O–H groups in total. The Bertz CT molecular complexity index is 627. The lowest BCUT2D eigenvalue weighted by Gasteiger charge is -2.09. The Hall–Kier alpha value is -1.39. The lowest BCUT2D eigenvalue weighted by Crippen LogP contribution is -2.28. The smallest absolute Gasteiger partial charge is 0.241 e. The van der Waals surface area contributed by atoms with Crippen molar-refractivity contribution in [2.45, 2.75) is 17.7 Å². The molecule has 1 aliphatic carbocycles. The van der Waals surface area contributed by atoms with Crippen LogP contribution < -0.4 is 4.72 Å². The highest BCUT2D eigenvalue weighted by atomic mass is 32.2. The number of nitrogens with one attached hydrogen (secondary N) is 1. The lowest BCUT2D eigenvalue weighted by atomic mass is 10.2. The molecule has 1 fully saturated rings. The van der Waals surface area contributed by atoms with Gasteiger partial charge in [0.2, 0.25) is 10.0 Å². The van der Waals surface area contributed by atoms with Crippen LogP contribution in [0.2, 0.25) is 0 Å². The molecule has 0 saturated heterocycles. The number of benzene rings is 1. The van der Waals surface area contributed by atoms with Crippen LogP contribution in [0.25, 0.3) is 0 Å². The predicted octanol–water partition coefficient (Wildman–Crippen LogP) is 0.735. The Kier molecular flexibility index (Phi) is 5.76. The van der Waals surface area contributed by atoms with Crippen LogP contribution in [-0.2, 0) is 14.8 Å². The number of ether oxygens (including phenoxy) is 1. The fourth-order valence-corrected chi connectivity index (χ4v) is 2.97. The van der Waals surface area contributed by atoms with E-state index < -0.39 is 10.0 Å². The first-order valence-corrected chi connectivity index (χ1v) is 8.38. The first-order chi connectivity index (χ1) is 10.1. The van der Waals surface area contributed by atoms with Crippen molar-refractivity contribution >= 4 is 10.0 Å². The Morgan fingerprint density at radius 3 is 2.81 bits per heavy atom. The average molecular weight is 309 g/mol. The molecule has 1 aliphatic rings. The molecule has 0 aromatic heterocycles. The maximum absolute atomic E-state index is 12.2. The largest absolute Gasteiger partial charge is 0.384 e. The third-order valence-electron chi connectivity index (χ3n) is 3.07. The van der Waals surface area contributed by atoms with Crippen LogP contribution in [0.1, 0.15) is 18.4 Å². The third kappa shape index (κ3) is 5.14. The van der Waals surface area contributed by atoms with Crippen molar-refractivity contribution in [3.63, 3.8) is 0 Å². The summed E-state index contributed by atoms with van der Waals surface area (Å²) in [5, 5.41) is 8.72. The van der Waals surface area contributed by atoms with Crippen molar-refractivity contribution in [1.29, 1.82) is 0 Å². The minimum absolute atomic E-state index is 0.119. The van der Waals surface area contributed by atoms with Gasteiger partial charge in [0.15, 0.2) is 0 Å². The van der Waals surface area contributed by atoms with Crippen molar-refractivity contribution in [3.05, 3.63) is 29.8 Å². The van der Waals surface area contributed by atoms with Gasteiger partial charge in [0.25, 0.3) is 0 Å². The molecule has 0 radical (unpaired) electrons. The molecule has 0 bridgehead atoms. The third-order valence-corrected chi connectivity index (χ3v) is 4.59. The highest BCUT2D eigenvalue weighted by Gasteiger charge is 2.21. The summed E-state index contributed by atoms with van der Waals surface area (Å²) in [6.45, 7) is 0.994. The fraction of sp³-hybridized carbons (Fsp3) is 0.467. The zero-order chi connectivity index (χ0) is 15.1. The summed E-state index contributed by atoms with van der Waals surface area (Å²) in [7, 11) is -3.62. The van der Waals surface area contributed by atoms with Crippen LogP contribution in [0.4, 0.5) is 0 Å². The second-order valence-electron chi connectivity index (χ2n) is 4.87. The molecule has 1 saturated carbocycles. The summed E-state index contributed by atoms with van der Waals surface area (Å²) in [6, 6.07) is 6.46. The lowest BCUT2D eigenvalue weighted by molar-refractivity contribution is 0.129. The van der Waals surface area contributed by atoms with Crippen molar-refractivity contribution in [3.8, 4) is 11.8 Å². The van der Waals surface area contributed by atoms with Gasteiger partial charge < -0.3 is 9.84 Å². The SMILES string of the molecule is O=S(=O)(NCCOCC1CC1)c1ccccc1C#CCO. The van der Waals surface area contributed by atoms with Gasteiger partial charge >= 0.3 is 0 Å². The normalized spacial score (nSPS) is 14.5. The fourth-order valence-electron chi connectivity index (χ4n) is 1.80. The summed E-state index contributed by atoms with van der Waals surface area (Å²) in [6.07, 6.45) is 2.42.